The fourth-order valence-electron chi connectivity index (χ4n) is 1.27. The third-order valence-electron chi connectivity index (χ3n) is 2.18. The molecule has 5 heteroatoms. The van der Waals surface area contributed by atoms with Gasteiger partial charge in [0, 0.05) is 6.42 Å². The highest BCUT2D eigenvalue weighted by molar-refractivity contribution is 7.86. The van der Waals surface area contributed by atoms with Gasteiger partial charge in [0.2, 0.25) is 0 Å². The lowest BCUT2D eigenvalue weighted by molar-refractivity contribution is 0.396. The molecule has 15 heavy (non-hydrogen) atoms. The van der Waals surface area contributed by atoms with Crippen molar-refractivity contribution in [1.82, 2.24) is 0 Å². The van der Waals surface area contributed by atoms with Crippen molar-refractivity contribution < 1.29 is 17.4 Å². The molecule has 0 unspecified atom stereocenters. The van der Waals surface area contributed by atoms with Gasteiger partial charge in [-0.2, -0.15) is 8.42 Å². The predicted molar refractivity (Wildman–Crippen MR) is 58.8 cm³/mol. The minimum atomic E-state index is -3.27. The summed E-state index contributed by atoms with van der Waals surface area (Å²) in [5.41, 5.74) is 0. The Hall–Kier alpha value is -0.420. The van der Waals surface area contributed by atoms with Gasteiger partial charge in [0.1, 0.15) is 0 Å². The van der Waals surface area contributed by atoms with E-state index in [1.54, 1.807) is 0 Å². The van der Waals surface area contributed by atoms with Crippen LogP contribution in [-0.4, -0.2) is 27.6 Å². The molecule has 89 valence electrons. The van der Waals surface area contributed by atoms with Crippen molar-refractivity contribution in [3.63, 3.8) is 0 Å². The molecule has 0 rings (SSSR count). The average Bonchev–Trinajstić information content (AvgIpc) is 2.22. The Labute approximate surface area is 92.1 Å². The van der Waals surface area contributed by atoms with E-state index in [2.05, 4.69) is 4.18 Å². The number of hydrogen-bond donors (Lipinski definition) is 0. The van der Waals surface area contributed by atoms with Gasteiger partial charge in [-0.15, -0.1) is 0 Å². The summed E-state index contributed by atoms with van der Waals surface area (Å²) in [4.78, 5) is 9.88. The molecule has 0 saturated heterocycles. The summed E-state index contributed by atoms with van der Waals surface area (Å²) in [6.45, 7) is 0. The molecule has 0 spiro atoms. The molecule has 1 radical (unpaired) electrons. The highest BCUT2D eigenvalue weighted by Crippen LogP contribution is 2.07. The molecule has 4 nitrogen and oxygen atoms in total. The summed E-state index contributed by atoms with van der Waals surface area (Å²) < 4.78 is 26.1. The van der Waals surface area contributed by atoms with Crippen LogP contribution in [0.25, 0.3) is 0 Å². The molecule has 0 saturated carbocycles. The van der Waals surface area contributed by atoms with Crippen LogP contribution in [0.2, 0.25) is 0 Å². The summed E-state index contributed by atoms with van der Waals surface area (Å²) in [5.74, 6) is 0.103. The van der Waals surface area contributed by atoms with Gasteiger partial charge in [0.15, 0.2) is 6.29 Å². The van der Waals surface area contributed by atoms with Crippen LogP contribution in [0.3, 0.4) is 0 Å². The highest BCUT2D eigenvalue weighted by Gasteiger charge is 2.06. The number of rotatable bonds is 10. The van der Waals surface area contributed by atoms with E-state index in [9.17, 15) is 13.2 Å². The van der Waals surface area contributed by atoms with E-state index in [1.807, 2.05) is 6.29 Å². The van der Waals surface area contributed by atoms with E-state index in [-0.39, 0.29) is 5.75 Å². The van der Waals surface area contributed by atoms with Gasteiger partial charge in [-0.3, -0.25) is 8.98 Å². The van der Waals surface area contributed by atoms with Gasteiger partial charge < -0.3 is 0 Å². The van der Waals surface area contributed by atoms with Crippen LogP contribution in [0, 0.1) is 0 Å². The molecule has 0 bridgehead atoms. The monoisotopic (exact) mass is 235 g/mol. The highest BCUT2D eigenvalue weighted by atomic mass is 32.2. The summed E-state index contributed by atoms with van der Waals surface area (Å²) >= 11 is 0. The number of unbranched alkanes of at least 4 members (excludes halogenated alkanes) is 6. The Kier molecular flexibility index (Phi) is 8.61. The van der Waals surface area contributed by atoms with Crippen LogP contribution in [0.5, 0.6) is 0 Å². The molecular formula is C10H19O4S. The molecule has 0 aliphatic carbocycles. The molecule has 0 amide bonds. The molecule has 0 aliphatic rings. The van der Waals surface area contributed by atoms with E-state index < -0.39 is 10.1 Å². The largest absolute Gasteiger partial charge is 0.291 e. The van der Waals surface area contributed by atoms with Crippen LogP contribution in [0.4, 0.5) is 0 Å². The van der Waals surface area contributed by atoms with Gasteiger partial charge in [0.25, 0.3) is 10.1 Å². The first-order valence-electron chi connectivity index (χ1n) is 5.25. The third-order valence-corrected chi connectivity index (χ3v) is 3.47. The molecule has 0 fully saturated rings. The quantitative estimate of drug-likeness (QED) is 0.428. The van der Waals surface area contributed by atoms with Gasteiger partial charge in [0.05, 0.1) is 12.9 Å². The Morgan fingerprint density at radius 2 is 1.53 bits per heavy atom. The van der Waals surface area contributed by atoms with Gasteiger partial charge in [-0.25, -0.2) is 0 Å². The normalized spacial score (nSPS) is 11.5. The lowest BCUT2D eigenvalue weighted by atomic mass is 10.1. The third kappa shape index (κ3) is 9.87. The standard InChI is InChI=1S/C10H19O4S/c1-14-15(12,13)10-8-6-4-2-3-5-7-9-11/h2-8,10H2,1H3. The van der Waals surface area contributed by atoms with E-state index in [4.69, 9.17) is 0 Å². The summed E-state index contributed by atoms with van der Waals surface area (Å²) in [7, 11) is -2.09. The van der Waals surface area contributed by atoms with Crippen molar-refractivity contribution >= 4 is 16.4 Å². The first-order chi connectivity index (χ1) is 7.12. The van der Waals surface area contributed by atoms with Crippen LogP contribution in [0.1, 0.15) is 44.9 Å². The van der Waals surface area contributed by atoms with Gasteiger partial charge in [-0.05, 0) is 12.8 Å². The van der Waals surface area contributed by atoms with Crippen molar-refractivity contribution in [3.8, 4) is 0 Å². The Bertz CT molecular complexity index is 246. The van der Waals surface area contributed by atoms with Crippen LogP contribution < -0.4 is 0 Å². The molecule has 0 N–H and O–H groups in total. The zero-order valence-electron chi connectivity index (χ0n) is 9.20. The Morgan fingerprint density at radius 1 is 1.00 bits per heavy atom. The second kappa shape index (κ2) is 8.85. The maximum Gasteiger partial charge on any atom is 0.267 e. The topological polar surface area (TPSA) is 60.4 Å². The average molecular weight is 235 g/mol. The molecular weight excluding hydrogens is 216 g/mol. The first kappa shape index (κ1) is 14.6. The van der Waals surface area contributed by atoms with Crippen molar-refractivity contribution in [2.24, 2.45) is 0 Å². The second-order valence-corrected chi connectivity index (χ2v) is 5.30. The lowest BCUT2D eigenvalue weighted by Gasteiger charge is -2.01. The van der Waals surface area contributed by atoms with Crippen molar-refractivity contribution in [3.05, 3.63) is 0 Å². The Morgan fingerprint density at radius 3 is 2.07 bits per heavy atom. The second-order valence-electron chi connectivity index (χ2n) is 3.44. The van der Waals surface area contributed by atoms with Crippen LogP contribution in [-0.2, 0) is 19.1 Å². The lowest BCUT2D eigenvalue weighted by Crippen LogP contribution is -2.07. The van der Waals surface area contributed by atoms with E-state index >= 15 is 0 Å². The van der Waals surface area contributed by atoms with Crippen molar-refractivity contribution in [2.45, 2.75) is 44.9 Å². The summed E-state index contributed by atoms with van der Waals surface area (Å²) in [6, 6.07) is 0. The van der Waals surface area contributed by atoms with Crippen molar-refractivity contribution in [2.75, 3.05) is 12.9 Å². The maximum atomic E-state index is 10.9. The minimum Gasteiger partial charge on any atom is -0.291 e. The maximum absolute atomic E-state index is 10.9. The number of hydrogen-bond acceptors (Lipinski definition) is 4. The Balaban J connectivity index is 3.22. The van der Waals surface area contributed by atoms with Crippen LogP contribution >= 0.6 is 0 Å². The summed E-state index contributed by atoms with van der Waals surface area (Å²) in [5, 5.41) is 0. The first-order valence-corrected chi connectivity index (χ1v) is 6.83. The number of carbonyl (C=O) groups excluding carboxylic acids is 1. The molecule has 0 aliphatic heterocycles. The van der Waals surface area contributed by atoms with Crippen molar-refractivity contribution in [1.29, 1.82) is 0 Å². The van der Waals surface area contributed by atoms with Gasteiger partial charge in [-0.1, -0.05) is 25.7 Å². The van der Waals surface area contributed by atoms with E-state index in [0.717, 1.165) is 32.1 Å². The molecule has 0 aromatic rings. The molecule has 0 aromatic carbocycles. The fourth-order valence-corrected chi connectivity index (χ4v) is 1.99. The smallest absolute Gasteiger partial charge is 0.267 e. The zero-order valence-corrected chi connectivity index (χ0v) is 10.0. The summed E-state index contributed by atoms with van der Waals surface area (Å²) in [6.07, 6.45) is 7.88. The minimum absolute atomic E-state index is 0.103. The zero-order chi connectivity index (χ0) is 11.6. The van der Waals surface area contributed by atoms with Gasteiger partial charge >= 0.3 is 0 Å². The SMILES string of the molecule is COS(=O)(=O)CCCCCCCC[C]=O. The fraction of sp³-hybridized carbons (Fsp3) is 0.900. The van der Waals surface area contributed by atoms with E-state index in [0.29, 0.717) is 12.8 Å². The van der Waals surface area contributed by atoms with Crippen LogP contribution in [0.15, 0.2) is 0 Å². The molecule has 0 heterocycles. The molecule has 0 aromatic heterocycles. The molecule has 0 atom stereocenters. The predicted octanol–water partition coefficient (Wildman–Crippen LogP) is 1.80. The van der Waals surface area contributed by atoms with E-state index in [1.165, 1.54) is 7.11 Å².